The summed E-state index contributed by atoms with van der Waals surface area (Å²) in [6.07, 6.45) is 4.14. The fourth-order valence-corrected chi connectivity index (χ4v) is 2.79. The van der Waals surface area contributed by atoms with Gasteiger partial charge in [-0.15, -0.1) is 0 Å². The summed E-state index contributed by atoms with van der Waals surface area (Å²) in [7, 11) is 1.92. The van der Waals surface area contributed by atoms with Gasteiger partial charge in [0.1, 0.15) is 11.9 Å². The number of hydrogen-bond donors (Lipinski definition) is 2. The number of imidazole rings is 1. The smallest absolute Gasteiger partial charge is 0.319 e. The van der Waals surface area contributed by atoms with Crippen LogP contribution in [0.4, 0.5) is 10.5 Å². The summed E-state index contributed by atoms with van der Waals surface area (Å²) in [6, 6.07) is 3.37. The number of hydrogen-bond acceptors (Lipinski definition) is 4. The summed E-state index contributed by atoms with van der Waals surface area (Å²) >= 11 is 0. The molecule has 0 radical (unpaired) electrons. The van der Waals surface area contributed by atoms with Crippen molar-refractivity contribution in [3.63, 3.8) is 0 Å². The average molecular weight is 315 g/mol. The van der Waals surface area contributed by atoms with Crippen molar-refractivity contribution in [1.82, 2.24) is 19.9 Å². The first kappa shape index (κ1) is 15.5. The Morgan fingerprint density at radius 1 is 1.39 bits per heavy atom. The van der Waals surface area contributed by atoms with E-state index in [2.05, 4.69) is 20.6 Å². The molecule has 122 valence electrons. The van der Waals surface area contributed by atoms with Gasteiger partial charge in [0.2, 0.25) is 0 Å². The standard InChI is InChI=1S/C16H21N5O2/c1-10-4-5-12(11(2)18-10)19-16(22)20-13-6-9-23-14(13)15-17-7-8-21(15)3/h4-5,7-8,13-14H,6,9H2,1-3H3,(H2,19,20,22)/t13-,14-/m0/s1. The molecule has 1 saturated heterocycles. The maximum absolute atomic E-state index is 12.3. The van der Waals surface area contributed by atoms with E-state index in [0.29, 0.717) is 12.3 Å². The summed E-state index contributed by atoms with van der Waals surface area (Å²) < 4.78 is 7.66. The molecule has 0 aromatic carbocycles. The summed E-state index contributed by atoms with van der Waals surface area (Å²) in [5, 5.41) is 5.83. The average Bonchev–Trinajstić information content (AvgIpc) is 3.10. The minimum Gasteiger partial charge on any atom is -0.368 e. The maximum atomic E-state index is 12.3. The molecule has 0 unspecified atom stereocenters. The molecule has 2 atom stereocenters. The number of amides is 2. The van der Waals surface area contributed by atoms with Gasteiger partial charge >= 0.3 is 6.03 Å². The van der Waals surface area contributed by atoms with E-state index in [9.17, 15) is 4.79 Å². The molecular formula is C16H21N5O2. The highest BCUT2D eigenvalue weighted by Gasteiger charge is 2.33. The van der Waals surface area contributed by atoms with Gasteiger partial charge in [0.15, 0.2) is 0 Å². The highest BCUT2D eigenvalue weighted by Crippen LogP contribution is 2.27. The molecule has 0 bridgehead atoms. The summed E-state index contributed by atoms with van der Waals surface area (Å²) in [6.45, 7) is 4.40. The molecule has 2 amide bonds. The lowest BCUT2D eigenvalue weighted by molar-refractivity contribution is 0.0913. The van der Waals surface area contributed by atoms with E-state index in [4.69, 9.17) is 4.74 Å². The van der Waals surface area contributed by atoms with Crippen molar-refractivity contribution in [3.05, 3.63) is 41.7 Å². The first-order valence-electron chi connectivity index (χ1n) is 7.65. The van der Waals surface area contributed by atoms with Crippen LogP contribution >= 0.6 is 0 Å². The summed E-state index contributed by atoms with van der Waals surface area (Å²) in [5.74, 6) is 0.820. The molecule has 0 saturated carbocycles. The number of aromatic nitrogens is 3. The lowest BCUT2D eigenvalue weighted by Gasteiger charge is -2.20. The number of carbonyl (C=O) groups is 1. The van der Waals surface area contributed by atoms with E-state index in [1.165, 1.54) is 0 Å². The Bertz CT molecular complexity index is 712. The van der Waals surface area contributed by atoms with E-state index >= 15 is 0 Å². The van der Waals surface area contributed by atoms with Crippen LogP contribution in [0.3, 0.4) is 0 Å². The summed E-state index contributed by atoms with van der Waals surface area (Å²) in [5.41, 5.74) is 2.43. The van der Waals surface area contributed by atoms with E-state index in [0.717, 1.165) is 23.6 Å². The molecule has 1 fully saturated rings. The first-order valence-corrected chi connectivity index (χ1v) is 7.65. The Morgan fingerprint density at radius 2 is 2.22 bits per heavy atom. The lowest BCUT2D eigenvalue weighted by Crippen LogP contribution is -2.40. The minimum absolute atomic E-state index is 0.102. The fraction of sp³-hybridized carbons (Fsp3) is 0.438. The van der Waals surface area contributed by atoms with Gasteiger partial charge in [-0.25, -0.2) is 9.78 Å². The number of urea groups is 1. The van der Waals surface area contributed by atoms with Crippen LogP contribution in [-0.2, 0) is 11.8 Å². The number of nitrogens with zero attached hydrogens (tertiary/aromatic N) is 3. The second-order valence-corrected chi connectivity index (χ2v) is 5.77. The molecule has 0 spiro atoms. The topological polar surface area (TPSA) is 81.1 Å². The number of aryl methyl sites for hydroxylation is 3. The number of rotatable bonds is 3. The van der Waals surface area contributed by atoms with Gasteiger partial charge in [-0.05, 0) is 32.4 Å². The Morgan fingerprint density at radius 3 is 2.91 bits per heavy atom. The van der Waals surface area contributed by atoms with E-state index in [1.807, 2.05) is 43.8 Å². The van der Waals surface area contributed by atoms with Crippen molar-refractivity contribution < 1.29 is 9.53 Å². The molecule has 23 heavy (non-hydrogen) atoms. The molecular weight excluding hydrogens is 294 g/mol. The van der Waals surface area contributed by atoms with Crippen molar-refractivity contribution in [2.24, 2.45) is 7.05 Å². The van der Waals surface area contributed by atoms with Crippen LogP contribution in [0.1, 0.15) is 29.7 Å². The van der Waals surface area contributed by atoms with Crippen LogP contribution in [0.25, 0.3) is 0 Å². The van der Waals surface area contributed by atoms with Gasteiger partial charge in [0.05, 0.1) is 17.4 Å². The molecule has 7 heteroatoms. The van der Waals surface area contributed by atoms with E-state index in [-0.39, 0.29) is 18.2 Å². The number of pyridine rings is 1. The Balaban J connectivity index is 1.66. The predicted octanol–water partition coefficient (Wildman–Crippen LogP) is 2.08. The van der Waals surface area contributed by atoms with Crippen molar-refractivity contribution in [3.8, 4) is 0 Å². The van der Waals surface area contributed by atoms with Crippen LogP contribution in [0.5, 0.6) is 0 Å². The molecule has 2 aromatic heterocycles. The molecule has 0 aliphatic carbocycles. The number of carbonyl (C=O) groups excluding carboxylic acids is 1. The molecule has 2 aromatic rings. The zero-order valence-electron chi connectivity index (χ0n) is 13.5. The van der Waals surface area contributed by atoms with Crippen molar-refractivity contribution in [1.29, 1.82) is 0 Å². The van der Waals surface area contributed by atoms with Crippen molar-refractivity contribution in [2.75, 3.05) is 11.9 Å². The number of anilines is 1. The normalized spacial score (nSPS) is 20.5. The van der Waals surface area contributed by atoms with E-state index in [1.54, 1.807) is 6.20 Å². The Labute approximate surface area is 135 Å². The van der Waals surface area contributed by atoms with Gasteiger partial charge in [0.25, 0.3) is 0 Å². The SMILES string of the molecule is Cc1ccc(NC(=O)N[C@H]2CCO[C@@H]2c2nccn2C)c(C)n1. The third-order valence-corrected chi connectivity index (χ3v) is 3.99. The Kier molecular flexibility index (Phi) is 4.29. The maximum Gasteiger partial charge on any atom is 0.319 e. The van der Waals surface area contributed by atoms with Crippen molar-refractivity contribution >= 4 is 11.7 Å². The van der Waals surface area contributed by atoms with Crippen LogP contribution < -0.4 is 10.6 Å². The number of nitrogens with one attached hydrogen (secondary N) is 2. The zero-order valence-corrected chi connectivity index (χ0v) is 13.5. The lowest BCUT2D eigenvalue weighted by atomic mass is 10.1. The van der Waals surface area contributed by atoms with Crippen LogP contribution in [0, 0.1) is 13.8 Å². The third-order valence-electron chi connectivity index (χ3n) is 3.99. The predicted molar refractivity (Wildman–Crippen MR) is 86.2 cm³/mol. The van der Waals surface area contributed by atoms with Gasteiger partial charge in [0, 0.05) is 31.7 Å². The zero-order chi connectivity index (χ0) is 16.4. The second kappa shape index (κ2) is 6.37. The van der Waals surface area contributed by atoms with Gasteiger partial charge < -0.3 is 19.9 Å². The monoisotopic (exact) mass is 315 g/mol. The Hall–Kier alpha value is -2.41. The van der Waals surface area contributed by atoms with Gasteiger partial charge in [-0.3, -0.25) is 4.98 Å². The van der Waals surface area contributed by atoms with Crippen LogP contribution in [0.15, 0.2) is 24.5 Å². The fourth-order valence-electron chi connectivity index (χ4n) is 2.79. The molecule has 1 aliphatic rings. The third kappa shape index (κ3) is 3.34. The highest BCUT2D eigenvalue weighted by atomic mass is 16.5. The number of ether oxygens (including phenoxy) is 1. The molecule has 7 nitrogen and oxygen atoms in total. The molecule has 2 N–H and O–H groups in total. The minimum atomic E-state index is -0.256. The van der Waals surface area contributed by atoms with Gasteiger partial charge in [-0.1, -0.05) is 0 Å². The molecule has 3 rings (SSSR count). The van der Waals surface area contributed by atoms with Crippen molar-refractivity contribution in [2.45, 2.75) is 32.4 Å². The first-order chi connectivity index (χ1) is 11.0. The molecule has 3 heterocycles. The summed E-state index contributed by atoms with van der Waals surface area (Å²) in [4.78, 5) is 20.9. The van der Waals surface area contributed by atoms with Crippen LogP contribution in [0.2, 0.25) is 0 Å². The van der Waals surface area contributed by atoms with E-state index < -0.39 is 0 Å². The molecule has 1 aliphatic heterocycles. The largest absolute Gasteiger partial charge is 0.368 e. The second-order valence-electron chi connectivity index (χ2n) is 5.77. The van der Waals surface area contributed by atoms with Gasteiger partial charge in [-0.2, -0.15) is 0 Å². The van der Waals surface area contributed by atoms with Crippen LogP contribution in [-0.4, -0.2) is 33.2 Å². The quantitative estimate of drug-likeness (QED) is 0.908. The highest BCUT2D eigenvalue weighted by molar-refractivity contribution is 5.90.